The summed E-state index contributed by atoms with van der Waals surface area (Å²) in [6.45, 7) is 9.42. The van der Waals surface area contributed by atoms with E-state index in [-0.39, 0.29) is 0 Å². The Kier molecular flexibility index (Phi) is 4.59. The smallest absolute Gasteiger partial charge is 0.127 e. The molecule has 0 bridgehead atoms. The van der Waals surface area contributed by atoms with E-state index >= 15 is 0 Å². The molecule has 2 saturated heterocycles. The summed E-state index contributed by atoms with van der Waals surface area (Å²) < 4.78 is 2.47. The molecule has 4 nitrogen and oxygen atoms in total. The van der Waals surface area contributed by atoms with Gasteiger partial charge in [-0.25, -0.2) is 4.98 Å². The largest absolute Gasteiger partial charge is 0.324 e. The Morgan fingerprint density at radius 3 is 2.75 bits per heavy atom. The summed E-state index contributed by atoms with van der Waals surface area (Å²) in [5.74, 6) is 2.14. The first-order valence-electron chi connectivity index (χ1n) is 9.65. The average molecular weight is 326 g/mol. The van der Waals surface area contributed by atoms with Crippen molar-refractivity contribution in [3.8, 4) is 0 Å². The van der Waals surface area contributed by atoms with Gasteiger partial charge in [0, 0.05) is 12.6 Å². The van der Waals surface area contributed by atoms with E-state index in [9.17, 15) is 0 Å². The summed E-state index contributed by atoms with van der Waals surface area (Å²) in [6.07, 6.45) is 5.20. The van der Waals surface area contributed by atoms with E-state index in [0.29, 0.717) is 12.1 Å². The van der Waals surface area contributed by atoms with Gasteiger partial charge in [0.1, 0.15) is 5.82 Å². The standard InChI is InChI=1S/C20H30N4/c1-15(2)24-18-7-4-3-6-17(18)22-20(24)19-8-5-13-23(19)14-16-9-11-21-12-10-16/h3-4,6-7,15-16,19,21H,5,8-14H2,1-2H3. The van der Waals surface area contributed by atoms with Crippen LogP contribution in [0.5, 0.6) is 0 Å². The predicted molar refractivity (Wildman–Crippen MR) is 99.3 cm³/mol. The molecular formula is C20H30N4. The van der Waals surface area contributed by atoms with Gasteiger partial charge in [0.15, 0.2) is 0 Å². The summed E-state index contributed by atoms with van der Waals surface area (Å²) in [4.78, 5) is 7.79. The Hall–Kier alpha value is -1.39. The molecular weight excluding hydrogens is 296 g/mol. The van der Waals surface area contributed by atoms with E-state index in [4.69, 9.17) is 4.98 Å². The van der Waals surface area contributed by atoms with Gasteiger partial charge in [-0.05, 0) is 77.2 Å². The van der Waals surface area contributed by atoms with Crippen molar-refractivity contribution < 1.29 is 0 Å². The third-order valence-electron chi connectivity index (χ3n) is 5.75. The van der Waals surface area contributed by atoms with Crippen molar-refractivity contribution in [2.75, 3.05) is 26.2 Å². The van der Waals surface area contributed by atoms with Gasteiger partial charge in [-0.3, -0.25) is 4.90 Å². The molecule has 0 spiro atoms. The number of likely N-dealkylation sites (tertiary alicyclic amines) is 1. The molecule has 1 aromatic heterocycles. The van der Waals surface area contributed by atoms with Gasteiger partial charge in [-0.15, -0.1) is 0 Å². The number of nitrogens with zero attached hydrogens (tertiary/aromatic N) is 3. The fourth-order valence-corrected chi connectivity index (χ4v) is 4.57. The van der Waals surface area contributed by atoms with Gasteiger partial charge >= 0.3 is 0 Å². The highest BCUT2D eigenvalue weighted by atomic mass is 15.2. The number of benzene rings is 1. The van der Waals surface area contributed by atoms with Crippen LogP contribution in [0.1, 0.15) is 57.4 Å². The molecule has 24 heavy (non-hydrogen) atoms. The molecule has 0 saturated carbocycles. The number of aromatic nitrogens is 2. The SMILES string of the molecule is CC(C)n1c(C2CCCN2CC2CCNCC2)nc2ccccc21. The van der Waals surface area contributed by atoms with Gasteiger partial charge < -0.3 is 9.88 Å². The lowest BCUT2D eigenvalue weighted by molar-refractivity contribution is 0.184. The number of para-hydroxylation sites is 2. The van der Waals surface area contributed by atoms with Crippen molar-refractivity contribution >= 4 is 11.0 Å². The molecule has 2 fully saturated rings. The zero-order valence-electron chi connectivity index (χ0n) is 15.0. The van der Waals surface area contributed by atoms with Crippen LogP contribution in [-0.4, -0.2) is 40.6 Å². The van der Waals surface area contributed by atoms with Crippen LogP contribution in [0.4, 0.5) is 0 Å². The van der Waals surface area contributed by atoms with Gasteiger partial charge in [-0.2, -0.15) is 0 Å². The van der Waals surface area contributed by atoms with Crippen LogP contribution in [0, 0.1) is 5.92 Å². The van der Waals surface area contributed by atoms with Crippen molar-refractivity contribution in [2.45, 2.75) is 51.6 Å². The second kappa shape index (κ2) is 6.85. The van der Waals surface area contributed by atoms with Crippen LogP contribution in [0.2, 0.25) is 0 Å². The van der Waals surface area contributed by atoms with Gasteiger partial charge in [-0.1, -0.05) is 12.1 Å². The number of fused-ring (bicyclic) bond motifs is 1. The Morgan fingerprint density at radius 1 is 1.17 bits per heavy atom. The molecule has 0 radical (unpaired) electrons. The molecule has 3 heterocycles. The lowest BCUT2D eigenvalue weighted by Gasteiger charge is -2.31. The third kappa shape index (κ3) is 2.98. The highest BCUT2D eigenvalue weighted by Crippen LogP contribution is 2.36. The second-order valence-electron chi connectivity index (χ2n) is 7.77. The van der Waals surface area contributed by atoms with E-state index in [1.54, 1.807) is 0 Å². The summed E-state index contributed by atoms with van der Waals surface area (Å²) in [5, 5.41) is 3.49. The van der Waals surface area contributed by atoms with Crippen molar-refractivity contribution in [3.63, 3.8) is 0 Å². The molecule has 1 N–H and O–H groups in total. The summed E-state index contributed by atoms with van der Waals surface area (Å²) in [5.41, 5.74) is 2.44. The molecule has 4 rings (SSSR count). The highest BCUT2D eigenvalue weighted by Gasteiger charge is 2.32. The minimum absolute atomic E-state index is 0.453. The van der Waals surface area contributed by atoms with E-state index in [0.717, 1.165) is 11.4 Å². The fourth-order valence-electron chi connectivity index (χ4n) is 4.57. The van der Waals surface area contributed by atoms with Crippen LogP contribution in [-0.2, 0) is 0 Å². The summed E-state index contributed by atoms with van der Waals surface area (Å²) in [7, 11) is 0. The maximum absolute atomic E-state index is 5.07. The van der Waals surface area contributed by atoms with Crippen molar-refractivity contribution in [1.29, 1.82) is 0 Å². The molecule has 4 heteroatoms. The third-order valence-corrected chi connectivity index (χ3v) is 5.75. The summed E-state index contributed by atoms with van der Waals surface area (Å²) in [6, 6.07) is 9.56. The first-order valence-corrected chi connectivity index (χ1v) is 9.65. The first-order chi connectivity index (χ1) is 11.7. The van der Waals surface area contributed by atoms with Crippen LogP contribution >= 0.6 is 0 Å². The minimum atomic E-state index is 0.453. The van der Waals surface area contributed by atoms with Crippen molar-refractivity contribution in [3.05, 3.63) is 30.1 Å². The van der Waals surface area contributed by atoms with Crippen LogP contribution < -0.4 is 5.32 Å². The zero-order valence-corrected chi connectivity index (χ0v) is 15.0. The fraction of sp³-hybridized carbons (Fsp3) is 0.650. The molecule has 130 valence electrons. The number of piperidine rings is 1. The van der Waals surface area contributed by atoms with E-state index in [1.807, 2.05) is 0 Å². The van der Waals surface area contributed by atoms with Crippen molar-refractivity contribution in [1.82, 2.24) is 19.8 Å². The molecule has 2 aliphatic rings. The molecule has 1 unspecified atom stereocenters. The second-order valence-corrected chi connectivity index (χ2v) is 7.77. The predicted octanol–water partition coefficient (Wildman–Crippen LogP) is 3.75. The Bertz CT molecular complexity index is 684. The van der Waals surface area contributed by atoms with Crippen LogP contribution in [0.3, 0.4) is 0 Å². The molecule has 2 aliphatic heterocycles. The highest BCUT2D eigenvalue weighted by molar-refractivity contribution is 5.76. The normalized spacial score (nSPS) is 23.5. The topological polar surface area (TPSA) is 33.1 Å². The Morgan fingerprint density at radius 2 is 1.96 bits per heavy atom. The van der Waals surface area contributed by atoms with E-state index < -0.39 is 0 Å². The number of hydrogen-bond acceptors (Lipinski definition) is 3. The zero-order chi connectivity index (χ0) is 16.5. The first kappa shape index (κ1) is 16.1. The Balaban J connectivity index is 1.64. The Labute approximate surface area is 145 Å². The van der Waals surface area contributed by atoms with E-state index in [2.05, 4.69) is 52.9 Å². The molecule has 2 aromatic rings. The van der Waals surface area contributed by atoms with Crippen LogP contribution in [0.15, 0.2) is 24.3 Å². The molecule has 0 amide bonds. The molecule has 0 aliphatic carbocycles. The van der Waals surface area contributed by atoms with Gasteiger partial charge in [0.2, 0.25) is 0 Å². The monoisotopic (exact) mass is 326 g/mol. The quantitative estimate of drug-likeness (QED) is 0.929. The lowest BCUT2D eigenvalue weighted by Crippen LogP contribution is -2.36. The maximum Gasteiger partial charge on any atom is 0.127 e. The number of hydrogen-bond donors (Lipinski definition) is 1. The number of rotatable bonds is 4. The van der Waals surface area contributed by atoms with Gasteiger partial charge in [0.25, 0.3) is 0 Å². The summed E-state index contributed by atoms with van der Waals surface area (Å²) >= 11 is 0. The van der Waals surface area contributed by atoms with Gasteiger partial charge in [0.05, 0.1) is 17.1 Å². The van der Waals surface area contributed by atoms with E-state index in [1.165, 1.54) is 63.2 Å². The lowest BCUT2D eigenvalue weighted by atomic mass is 9.97. The number of imidazole rings is 1. The number of nitrogens with one attached hydrogen (secondary N) is 1. The maximum atomic E-state index is 5.07. The average Bonchev–Trinajstić information content (AvgIpc) is 3.19. The van der Waals surface area contributed by atoms with Crippen LogP contribution in [0.25, 0.3) is 11.0 Å². The minimum Gasteiger partial charge on any atom is -0.324 e. The van der Waals surface area contributed by atoms with Crippen molar-refractivity contribution in [2.24, 2.45) is 5.92 Å². The molecule has 1 atom stereocenters. The molecule has 1 aromatic carbocycles.